The Kier molecular flexibility index (Phi) is 6.31. The SMILES string of the molecule is c1ccc(-c2ccc(-c3c4ccccc4c(C(c4ccccc4)c4ccc5ccccc5c4)c4ccccc34)cc2)cc1. The normalized spacial score (nSPS) is 12.1. The van der Waals surface area contributed by atoms with E-state index >= 15 is 0 Å². The second-order valence-electron chi connectivity index (χ2n) is 11.3. The van der Waals surface area contributed by atoms with Gasteiger partial charge in [-0.3, -0.25) is 0 Å². The van der Waals surface area contributed by atoms with Crippen LogP contribution in [0.4, 0.5) is 0 Å². The standard InChI is InChI=1S/C43H30/c1-3-13-30(14-4-1)32-23-26-34(27-24-32)42-37-19-9-11-21-39(37)43(40-22-12-10-20-38(40)42)41(33-16-5-2-6-17-33)36-28-25-31-15-7-8-18-35(31)29-36/h1-29,41H. The summed E-state index contributed by atoms with van der Waals surface area (Å²) in [5, 5.41) is 7.69. The Morgan fingerprint density at radius 1 is 0.302 bits per heavy atom. The Labute approximate surface area is 252 Å². The summed E-state index contributed by atoms with van der Waals surface area (Å²) in [6.45, 7) is 0. The van der Waals surface area contributed by atoms with E-state index in [0.717, 1.165) is 0 Å². The highest BCUT2D eigenvalue weighted by Crippen LogP contribution is 2.46. The molecule has 0 saturated carbocycles. The maximum absolute atomic E-state index is 2.38. The molecule has 202 valence electrons. The van der Waals surface area contributed by atoms with Gasteiger partial charge in [0.15, 0.2) is 0 Å². The maximum atomic E-state index is 2.38. The number of benzene rings is 8. The molecule has 0 aromatic heterocycles. The molecule has 0 saturated heterocycles. The Bertz CT molecular complexity index is 2150. The van der Waals surface area contributed by atoms with Crippen LogP contribution < -0.4 is 0 Å². The van der Waals surface area contributed by atoms with Gasteiger partial charge >= 0.3 is 0 Å². The molecule has 0 N–H and O–H groups in total. The lowest BCUT2D eigenvalue weighted by Gasteiger charge is -2.25. The van der Waals surface area contributed by atoms with Gasteiger partial charge in [0.2, 0.25) is 0 Å². The van der Waals surface area contributed by atoms with Crippen LogP contribution in [0.1, 0.15) is 22.6 Å². The smallest absolute Gasteiger partial charge is 0.0352 e. The zero-order valence-corrected chi connectivity index (χ0v) is 23.8. The minimum atomic E-state index is 0.0788. The van der Waals surface area contributed by atoms with Gasteiger partial charge < -0.3 is 0 Å². The molecule has 0 aliphatic carbocycles. The van der Waals surface area contributed by atoms with E-state index in [2.05, 4.69) is 176 Å². The van der Waals surface area contributed by atoms with E-state index in [-0.39, 0.29) is 5.92 Å². The molecular weight excluding hydrogens is 516 g/mol. The molecule has 0 nitrogen and oxygen atoms in total. The summed E-state index contributed by atoms with van der Waals surface area (Å²) in [6, 6.07) is 64.3. The monoisotopic (exact) mass is 546 g/mol. The van der Waals surface area contributed by atoms with Gasteiger partial charge in [-0.05, 0) is 71.3 Å². The van der Waals surface area contributed by atoms with Crippen molar-refractivity contribution < 1.29 is 0 Å². The van der Waals surface area contributed by atoms with Crippen LogP contribution in [0.5, 0.6) is 0 Å². The lowest BCUT2D eigenvalue weighted by molar-refractivity contribution is 1.00. The van der Waals surface area contributed by atoms with Gasteiger partial charge in [-0.2, -0.15) is 0 Å². The van der Waals surface area contributed by atoms with Crippen LogP contribution in [0, 0.1) is 0 Å². The van der Waals surface area contributed by atoms with Gasteiger partial charge in [0, 0.05) is 5.92 Å². The molecule has 0 fully saturated rings. The van der Waals surface area contributed by atoms with Crippen LogP contribution in [-0.2, 0) is 0 Å². The van der Waals surface area contributed by atoms with Gasteiger partial charge in [0.1, 0.15) is 0 Å². The molecule has 0 aliphatic rings. The number of fused-ring (bicyclic) bond motifs is 3. The minimum absolute atomic E-state index is 0.0788. The molecule has 1 unspecified atom stereocenters. The lowest BCUT2D eigenvalue weighted by Crippen LogP contribution is -2.06. The summed E-state index contributed by atoms with van der Waals surface area (Å²) in [5.74, 6) is 0.0788. The molecule has 8 aromatic carbocycles. The lowest BCUT2D eigenvalue weighted by atomic mass is 9.78. The van der Waals surface area contributed by atoms with Crippen molar-refractivity contribution in [2.24, 2.45) is 0 Å². The number of rotatable bonds is 5. The van der Waals surface area contributed by atoms with E-state index in [9.17, 15) is 0 Å². The Hall–Kier alpha value is -5.46. The van der Waals surface area contributed by atoms with Crippen molar-refractivity contribution in [2.45, 2.75) is 5.92 Å². The third-order valence-electron chi connectivity index (χ3n) is 8.78. The highest BCUT2D eigenvalue weighted by molar-refractivity contribution is 6.15. The molecule has 8 aromatic rings. The van der Waals surface area contributed by atoms with Crippen LogP contribution in [0.25, 0.3) is 54.6 Å². The van der Waals surface area contributed by atoms with E-state index in [1.807, 2.05) is 0 Å². The summed E-state index contributed by atoms with van der Waals surface area (Å²) in [6.07, 6.45) is 0. The van der Waals surface area contributed by atoms with Crippen molar-refractivity contribution in [1.29, 1.82) is 0 Å². The minimum Gasteiger partial charge on any atom is -0.0622 e. The van der Waals surface area contributed by atoms with Gasteiger partial charge in [0.05, 0.1) is 0 Å². The molecule has 0 aliphatic heterocycles. The van der Waals surface area contributed by atoms with Gasteiger partial charge in [-0.1, -0.05) is 176 Å². The largest absolute Gasteiger partial charge is 0.0622 e. The average Bonchev–Trinajstić information content (AvgIpc) is 3.09. The van der Waals surface area contributed by atoms with Crippen LogP contribution in [-0.4, -0.2) is 0 Å². The van der Waals surface area contributed by atoms with E-state index in [1.165, 1.54) is 71.3 Å². The van der Waals surface area contributed by atoms with E-state index < -0.39 is 0 Å². The first-order chi connectivity index (χ1) is 21.3. The summed E-state index contributed by atoms with van der Waals surface area (Å²) in [4.78, 5) is 0. The molecule has 0 bridgehead atoms. The van der Waals surface area contributed by atoms with Crippen LogP contribution in [0.15, 0.2) is 176 Å². The van der Waals surface area contributed by atoms with Crippen molar-refractivity contribution in [3.8, 4) is 22.3 Å². The fourth-order valence-electron chi connectivity index (χ4n) is 6.80. The van der Waals surface area contributed by atoms with Crippen molar-refractivity contribution in [3.63, 3.8) is 0 Å². The average molecular weight is 547 g/mol. The van der Waals surface area contributed by atoms with Crippen molar-refractivity contribution in [1.82, 2.24) is 0 Å². The predicted molar refractivity (Wildman–Crippen MR) is 184 cm³/mol. The Balaban J connectivity index is 1.41. The third kappa shape index (κ3) is 4.49. The summed E-state index contributed by atoms with van der Waals surface area (Å²) < 4.78 is 0. The first-order valence-corrected chi connectivity index (χ1v) is 15.0. The second kappa shape index (κ2) is 10.7. The van der Waals surface area contributed by atoms with Gasteiger partial charge in [-0.15, -0.1) is 0 Å². The van der Waals surface area contributed by atoms with Crippen molar-refractivity contribution in [2.75, 3.05) is 0 Å². The molecular formula is C43H30. The quantitative estimate of drug-likeness (QED) is 0.149. The fourth-order valence-corrected chi connectivity index (χ4v) is 6.80. The number of hydrogen-bond donors (Lipinski definition) is 0. The first kappa shape index (κ1) is 25.3. The van der Waals surface area contributed by atoms with Gasteiger partial charge in [-0.25, -0.2) is 0 Å². The van der Waals surface area contributed by atoms with Crippen LogP contribution >= 0.6 is 0 Å². The molecule has 0 heteroatoms. The highest BCUT2D eigenvalue weighted by Gasteiger charge is 2.24. The first-order valence-electron chi connectivity index (χ1n) is 15.0. The Morgan fingerprint density at radius 3 is 1.44 bits per heavy atom. The van der Waals surface area contributed by atoms with E-state index in [0.29, 0.717) is 0 Å². The van der Waals surface area contributed by atoms with Crippen molar-refractivity contribution in [3.05, 3.63) is 193 Å². The van der Waals surface area contributed by atoms with E-state index in [4.69, 9.17) is 0 Å². The second-order valence-corrected chi connectivity index (χ2v) is 11.3. The summed E-state index contributed by atoms with van der Waals surface area (Å²) in [5.41, 5.74) is 8.96. The molecule has 0 radical (unpaired) electrons. The molecule has 0 heterocycles. The number of hydrogen-bond acceptors (Lipinski definition) is 0. The summed E-state index contributed by atoms with van der Waals surface area (Å²) in [7, 11) is 0. The van der Waals surface area contributed by atoms with Crippen LogP contribution in [0.2, 0.25) is 0 Å². The van der Waals surface area contributed by atoms with E-state index in [1.54, 1.807) is 0 Å². The molecule has 0 spiro atoms. The molecule has 8 rings (SSSR count). The van der Waals surface area contributed by atoms with Crippen molar-refractivity contribution >= 4 is 32.3 Å². The molecule has 43 heavy (non-hydrogen) atoms. The Morgan fingerprint density at radius 2 is 0.791 bits per heavy atom. The molecule has 1 atom stereocenters. The molecule has 0 amide bonds. The van der Waals surface area contributed by atoms with Gasteiger partial charge in [0.25, 0.3) is 0 Å². The van der Waals surface area contributed by atoms with Crippen LogP contribution in [0.3, 0.4) is 0 Å². The zero-order chi connectivity index (χ0) is 28.6. The zero-order valence-electron chi connectivity index (χ0n) is 23.8. The highest BCUT2D eigenvalue weighted by atomic mass is 14.3. The third-order valence-corrected chi connectivity index (χ3v) is 8.78. The topological polar surface area (TPSA) is 0 Å². The maximum Gasteiger partial charge on any atom is 0.0352 e. The summed E-state index contributed by atoms with van der Waals surface area (Å²) >= 11 is 0. The predicted octanol–water partition coefficient (Wildman–Crippen LogP) is 11.7. The fraction of sp³-hybridized carbons (Fsp3) is 0.0233.